The second-order valence-electron chi connectivity index (χ2n) is 2.96. The number of nitrogens with two attached hydrogens (primary N) is 3. The van der Waals surface area contributed by atoms with Crippen LogP contribution in [0.25, 0.3) is 0 Å². The van der Waals surface area contributed by atoms with E-state index >= 15 is 0 Å². The Morgan fingerprint density at radius 3 is 2.37 bits per heavy atom. The van der Waals surface area contributed by atoms with E-state index in [4.69, 9.17) is 17.2 Å². The SMILES string of the molecule is Cl.NC(N)=NNC(=O)c1ncc(C(F)(F)F)nc1N. The van der Waals surface area contributed by atoms with Crippen molar-refractivity contribution in [1.29, 1.82) is 0 Å². The van der Waals surface area contributed by atoms with E-state index in [1.165, 1.54) is 0 Å². The summed E-state index contributed by atoms with van der Waals surface area (Å²) in [5.41, 5.74) is 15.1. The van der Waals surface area contributed by atoms with Crippen LogP contribution in [-0.2, 0) is 6.18 Å². The van der Waals surface area contributed by atoms with Crippen molar-refractivity contribution in [2.75, 3.05) is 5.73 Å². The van der Waals surface area contributed by atoms with E-state index in [0.717, 1.165) is 0 Å². The Morgan fingerprint density at radius 1 is 1.37 bits per heavy atom. The molecule has 0 unspecified atom stereocenters. The molecule has 0 aliphatic heterocycles. The molecule has 1 heterocycles. The van der Waals surface area contributed by atoms with Gasteiger partial charge in [0, 0.05) is 0 Å². The molecule has 0 aliphatic carbocycles. The summed E-state index contributed by atoms with van der Waals surface area (Å²) in [6.07, 6.45) is -4.32. The van der Waals surface area contributed by atoms with Crippen molar-refractivity contribution < 1.29 is 18.0 Å². The molecule has 0 spiro atoms. The summed E-state index contributed by atoms with van der Waals surface area (Å²) in [5, 5.41) is 3.14. The number of carbonyl (C=O) groups excluding carboxylic acids is 1. The molecular weight excluding hydrogens is 291 g/mol. The maximum Gasteiger partial charge on any atom is 0.434 e. The number of carbonyl (C=O) groups is 1. The largest absolute Gasteiger partial charge is 0.434 e. The fourth-order valence-corrected chi connectivity index (χ4v) is 0.883. The number of hydrazone groups is 1. The first-order chi connectivity index (χ1) is 8.21. The molecule has 1 rings (SSSR count). The minimum Gasteiger partial charge on any atom is -0.382 e. The summed E-state index contributed by atoms with van der Waals surface area (Å²) in [4.78, 5) is 17.6. The maximum absolute atomic E-state index is 12.2. The van der Waals surface area contributed by atoms with E-state index in [0.29, 0.717) is 6.20 Å². The maximum atomic E-state index is 12.2. The molecule has 0 atom stereocenters. The van der Waals surface area contributed by atoms with E-state index < -0.39 is 35.2 Å². The van der Waals surface area contributed by atoms with Gasteiger partial charge < -0.3 is 17.2 Å². The van der Waals surface area contributed by atoms with E-state index in [9.17, 15) is 18.0 Å². The third-order valence-electron chi connectivity index (χ3n) is 1.59. The van der Waals surface area contributed by atoms with Gasteiger partial charge in [-0.1, -0.05) is 0 Å². The number of nitrogens with zero attached hydrogens (tertiary/aromatic N) is 3. The second-order valence-corrected chi connectivity index (χ2v) is 2.96. The number of nitrogens with one attached hydrogen (secondary N) is 1. The van der Waals surface area contributed by atoms with E-state index in [2.05, 4.69) is 15.1 Å². The number of anilines is 1. The lowest BCUT2D eigenvalue weighted by Crippen LogP contribution is -2.30. The van der Waals surface area contributed by atoms with Crippen LogP contribution in [0, 0.1) is 0 Å². The Kier molecular flexibility index (Phi) is 5.31. The first-order valence-electron chi connectivity index (χ1n) is 4.30. The predicted molar refractivity (Wildman–Crippen MR) is 62.0 cm³/mol. The standard InChI is InChI=1S/C7H8F3N7O.ClH/c8-7(9,10)2-1-14-3(4(11)15-2)5(18)16-17-6(12)13;/h1H,(H2,11,15)(H,16,18)(H4,12,13,17);1H. The summed E-state index contributed by atoms with van der Waals surface area (Å²) in [7, 11) is 0. The summed E-state index contributed by atoms with van der Waals surface area (Å²) < 4.78 is 36.7. The molecule has 7 N–H and O–H groups in total. The Bertz CT molecular complexity index is 500. The Hall–Kier alpha value is -2.30. The zero-order chi connectivity index (χ0) is 13.9. The number of hydrogen-bond donors (Lipinski definition) is 4. The number of nitrogen functional groups attached to an aromatic ring is 1. The quantitative estimate of drug-likeness (QED) is 0.326. The Balaban J connectivity index is 0.00000324. The summed E-state index contributed by atoms with van der Waals surface area (Å²) in [6, 6.07) is 0. The first kappa shape index (κ1) is 16.7. The van der Waals surface area contributed by atoms with Crippen LogP contribution in [0.5, 0.6) is 0 Å². The van der Waals surface area contributed by atoms with Gasteiger partial charge in [0.15, 0.2) is 17.2 Å². The third-order valence-corrected chi connectivity index (χ3v) is 1.59. The number of aromatic nitrogens is 2. The molecule has 0 saturated carbocycles. The first-order valence-corrected chi connectivity index (χ1v) is 4.30. The van der Waals surface area contributed by atoms with Gasteiger partial charge in [-0.3, -0.25) is 4.79 Å². The van der Waals surface area contributed by atoms with E-state index in [1.807, 2.05) is 5.43 Å². The number of rotatable bonds is 2. The van der Waals surface area contributed by atoms with Crippen molar-refractivity contribution in [1.82, 2.24) is 15.4 Å². The number of hydrogen-bond acceptors (Lipinski definition) is 5. The molecule has 106 valence electrons. The molecule has 0 saturated heterocycles. The molecule has 0 aromatic carbocycles. The molecule has 1 aromatic rings. The van der Waals surface area contributed by atoms with Crippen LogP contribution < -0.4 is 22.6 Å². The number of alkyl halides is 3. The second kappa shape index (κ2) is 6.04. The van der Waals surface area contributed by atoms with Crippen LogP contribution in [-0.4, -0.2) is 21.8 Å². The molecule has 12 heteroatoms. The average molecular weight is 300 g/mol. The van der Waals surface area contributed by atoms with Gasteiger partial charge in [-0.2, -0.15) is 13.2 Å². The lowest BCUT2D eigenvalue weighted by Gasteiger charge is -2.07. The summed E-state index contributed by atoms with van der Waals surface area (Å²) in [5.74, 6) is -2.11. The van der Waals surface area contributed by atoms with Crippen LogP contribution in [0.1, 0.15) is 16.2 Å². The molecule has 1 aromatic heterocycles. The minimum absolute atomic E-state index is 0. The topological polar surface area (TPSA) is 145 Å². The van der Waals surface area contributed by atoms with Crippen molar-refractivity contribution >= 4 is 30.1 Å². The van der Waals surface area contributed by atoms with Crippen molar-refractivity contribution in [3.63, 3.8) is 0 Å². The molecule has 19 heavy (non-hydrogen) atoms. The van der Waals surface area contributed by atoms with Crippen molar-refractivity contribution in [2.45, 2.75) is 6.18 Å². The third kappa shape index (κ3) is 4.46. The van der Waals surface area contributed by atoms with Crippen LogP contribution in [0.3, 0.4) is 0 Å². The lowest BCUT2D eigenvalue weighted by atomic mass is 10.3. The van der Waals surface area contributed by atoms with Crippen molar-refractivity contribution in [2.24, 2.45) is 16.6 Å². The van der Waals surface area contributed by atoms with Gasteiger partial charge in [-0.25, -0.2) is 15.4 Å². The fourth-order valence-electron chi connectivity index (χ4n) is 0.883. The van der Waals surface area contributed by atoms with Gasteiger partial charge in [0.25, 0.3) is 5.91 Å². The number of guanidine groups is 1. The average Bonchev–Trinajstić information content (AvgIpc) is 2.24. The van der Waals surface area contributed by atoms with Gasteiger partial charge in [0.2, 0.25) is 5.96 Å². The van der Waals surface area contributed by atoms with Gasteiger partial charge in [-0.15, -0.1) is 17.5 Å². The van der Waals surface area contributed by atoms with Crippen LogP contribution in [0.2, 0.25) is 0 Å². The van der Waals surface area contributed by atoms with Gasteiger partial charge in [0.1, 0.15) is 0 Å². The lowest BCUT2D eigenvalue weighted by molar-refractivity contribution is -0.141. The zero-order valence-electron chi connectivity index (χ0n) is 9.10. The molecule has 0 bridgehead atoms. The molecule has 0 radical (unpaired) electrons. The van der Waals surface area contributed by atoms with Crippen LogP contribution >= 0.6 is 12.4 Å². The summed E-state index contributed by atoms with van der Waals surface area (Å²) in [6.45, 7) is 0. The monoisotopic (exact) mass is 299 g/mol. The van der Waals surface area contributed by atoms with Crippen molar-refractivity contribution in [3.8, 4) is 0 Å². The number of halogens is 4. The van der Waals surface area contributed by atoms with Gasteiger partial charge in [-0.05, 0) is 0 Å². The summed E-state index contributed by atoms with van der Waals surface area (Å²) >= 11 is 0. The van der Waals surface area contributed by atoms with Crippen LogP contribution in [0.4, 0.5) is 19.0 Å². The zero-order valence-corrected chi connectivity index (χ0v) is 9.92. The smallest absolute Gasteiger partial charge is 0.382 e. The van der Waals surface area contributed by atoms with Crippen molar-refractivity contribution in [3.05, 3.63) is 17.6 Å². The van der Waals surface area contributed by atoms with Crippen LogP contribution in [0.15, 0.2) is 11.3 Å². The molecule has 0 aliphatic rings. The molecule has 1 amide bonds. The molecule has 8 nitrogen and oxygen atoms in total. The predicted octanol–water partition coefficient (Wildman–Crippen LogP) is -0.582. The fraction of sp³-hybridized carbons (Fsp3) is 0.143. The van der Waals surface area contributed by atoms with E-state index in [-0.39, 0.29) is 12.4 Å². The van der Waals surface area contributed by atoms with E-state index in [1.54, 1.807) is 0 Å². The molecule has 0 fully saturated rings. The molecular formula is C7H9ClF3N7O. The highest BCUT2D eigenvalue weighted by molar-refractivity contribution is 5.96. The highest BCUT2D eigenvalue weighted by Crippen LogP contribution is 2.27. The Labute approximate surface area is 110 Å². The highest BCUT2D eigenvalue weighted by atomic mass is 35.5. The number of amides is 1. The van der Waals surface area contributed by atoms with Gasteiger partial charge >= 0.3 is 6.18 Å². The Morgan fingerprint density at radius 2 is 1.95 bits per heavy atom. The highest BCUT2D eigenvalue weighted by Gasteiger charge is 2.34. The minimum atomic E-state index is -4.70. The van der Waals surface area contributed by atoms with Gasteiger partial charge in [0.05, 0.1) is 6.20 Å². The normalized spacial score (nSPS) is 10.3.